The van der Waals surface area contributed by atoms with Crippen molar-refractivity contribution < 1.29 is 9.18 Å². The van der Waals surface area contributed by atoms with Gasteiger partial charge in [0.05, 0.1) is 15.6 Å². The molecule has 0 unspecified atom stereocenters. The van der Waals surface area contributed by atoms with E-state index in [4.69, 9.17) is 5.73 Å². The van der Waals surface area contributed by atoms with Crippen LogP contribution < -0.4 is 11.1 Å². The highest BCUT2D eigenvalue weighted by Gasteiger charge is 2.32. The molecule has 21 heavy (non-hydrogen) atoms. The fraction of sp³-hybridized carbons (Fsp3) is 0.267. The van der Waals surface area contributed by atoms with E-state index in [0.717, 1.165) is 22.3 Å². The van der Waals surface area contributed by atoms with Crippen LogP contribution >= 0.6 is 27.3 Å². The Morgan fingerprint density at radius 2 is 2.19 bits per heavy atom. The van der Waals surface area contributed by atoms with E-state index in [1.807, 2.05) is 0 Å². The fourth-order valence-electron chi connectivity index (χ4n) is 2.08. The lowest BCUT2D eigenvalue weighted by Crippen LogP contribution is -2.01. The minimum Gasteiger partial charge on any atom is -0.397 e. The third kappa shape index (κ3) is 3.27. The number of carbonyl (C=O) groups is 1. The van der Waals surface area contributed by atoms with Gasteiger partial charge in [-0.15, -0.1) is 11.3 Å². The Labute approximate surface area is 134 Å². The zero-order chi connectivity index (χ0) is 15.0. The third-order valence-electron chi connectivity index (χ3n) is 3.39. The predicted molar refractivity (Wildman–Crippen MR) is 87.2 cm³/mol. The minimum atomic E-state index is -0.260. The smallest absolute Gasteiger partial charge is 0.178 e. The van der Waals surface area contributed by atoms with Crippen LogP contribution in [0.25, 0.3) is 0 Å². The molecule has 0 bridgehead atoms. The van der Waals surface area contributed by atoms with Crippen molar-refractivity contribution in [3.63, 3.8) is 0 Å². The molecule has 0 amide bonds. The molecule has 1 heterocycles. The Morgan fingerprint density at radius 3 is 2.90 bits per heavy atom. The van der Waals surface area contributed by atoms with Crippen LogP contribution in [-0.2, 0) is 6.54 Å². The molecule has 0 spiro atoms. The average molecular weight is 369 g/mol. The molecule has 1 aliphatic carbocycles. The van der Waals surface area contributed by atoms with E-state index in [0.29, 0.717) is 22.7 Å². The summed E-state index contributed by atoms with van der Waals surface area (Å²) in [6.45, 7) is 0.349. The van der Waals surface area contributed by atoms with Gasteiger partial charge in [-0.1, -0.05) is 15.9 Å². The van der Waals surface area contributed by atoms with Crippen molar-refractivity contribution in [2.45, 2.75) is 19.4 Å². The van der Waals surface area contributed by atoms with Crippen molar-refractivity contribution in [1.29, 1.82) is 0 Å². The second kappa shape index (κ2) is 5.77. The number of halogens is 2. The van der Waals surface area contributed by atoms with Gasteiger partial charge >= 0.3 is 0 Å². The number of ketones is 1. The highest BCUT2D eigenvalue weighted by molar-refractivity contribution is 9.10. The summed E-state index contributed by atoms with van der Waals surface area (Å²) in [5, 5.41) is 3.92. The standard InChI is InChI=1S/C15H14BrFN2OS/c16-10-3-4-11(17)9(5-10)7-19-13-6-12(18)15(21-13)14(20)8-1-2-8/h3-6,8,19H,1-2,7,18H2. The minimum absolute atomic E-state index is 0.138. The first-order valence-corrected chi connectivity index (χ1v) is 8.27. The number of hydrogen-bond donors (Lipinski definition) is 2. The van der Waals surface area contributed by atoms with Crippen molar-refractivity contribution in [1.82, 2.24) is 0 Å². The van der Waals surface area contributed by atoms with Crippen LogP contribution in [0.15, 0.2) is 28.7 Å². The topological polar surface area (TPSA) is 55.1 Å². The lowest BCUT2D eigenvalue weighted by Gasteiger charge is -2.05. The summed E-state index contributed by atoms with van der Waals surface area (Å²) in [6, 6.07) is 6.56. The molecule has 0 saturated heterocycles. The molecule has 1 fully saturated rings. The van der Waals surface area contributed by atoms with Crippen LogP contribution in [0.2, 0.25) is 0 Å². The van der Waals surface area contributed by atoms with Crippen LogP contribution in [0.5, 0.6) is 0 Å². The Balaban J connectivity index is 1.72. The summed E-state index contributed by atoms with van der Waals surface area (Å²) in [5.41, 5.74) is 6.97. The molecule has 0 atom stereocenters. The third-order valence-corrected chi connectivity index (χ3v) is 5.01. The summed E-state index contributed by atoms with van der Waals surface area (Å²) in [7, 11) is 0. The average Bonchev–Trinajstić information content (AvgIpc) is 3.23. The summed E-state index contributed by atoms with van der Waals surface area (Å²) >= 11 is 4.67. The van der Waals surface area contributed by atoms with Gasteiger partial charge in [0.1, 0.15) is 5.82 Å². The van der Waals surface area contributed by atoms with Crippen molar-refractivity contribution in [3.05, 3.63) is 45.0 Å². The molecule has 0 aliphatic heterocycles. The maximum Gasteiger partial charge on any atom is 0.178 e. The molecule has 1 aromatic carbocycles. The molecule has 6 heteroatoms. The first-order valence-electron chi connectivity index (χ1n) is 6.66. The zero-order valence-electron chi connectivity index (χ0n) is 11.2. The van der Waals surface area contributed by atoms with Crippen LogP contribution in [0, 0.1) is 11.7 Å². The zero-order valence-corrected chi connectivity index (χ0v) is 13.6. The molecular weight excluding hydrogens is 355 g/mol. The number of anilines is 2. The Bertz CT molecular complexity index is 697. The Morgan fingerprint density at radius 1 is 1.43 bits per heavy atom. The number of nitrogen functional groups attached to an aromatic ring is 1. The molecule has 2 aromatic rings. The highest BCUT2D eigenvalue weighted by atomic mass is 79.9. The predicted octanol–water partition coefficient (Wildman–Crippen LogP) is 4.44. The van der Waals surface area contributed by atoms with E-state index in [2.05, 4.69) is 21.2 Å². The van der Waals surface area contributed by atoms with Crippen molar-refractivity contribution in [3.8, 4) is 0 Å². The molecule has 1 saturated carbocycles. The molecule has 1 aliphatic rings. The van der Waals surface area contributed by atoms with E-state index in [1.165, 1.54) is 17.4 Å². The van der Waals surface area contributed by atoms with E-state index < -0.39 is 0 Å². The quantitative estimate of drug-likeness (QED) is 0.767. The number of Topliss-reactive ketones (excluding diaryl/α,β-unsaturated/α-hetero) is 1. The number of hydrogen-bond acceptors (Lipinski definition) is 4. The number of nitrogens with two attached hydrogens (primary N) is 1. The van der Waals surface area contributed by atoms with E-state index in [1.54, 1.807) is 18.2 Å². The summed E-state index contributed by atoms with van der Waals surface area (Å²) in [6.07, 6.45) is 1.92. The normalized spacial score (nSPS) is 14.2. The summed E-state index contributed by atoms with van der Waals surface area (Å²) in [5.74, 6) is 0.0324. The molecule has 3 rings (SSSR count). The van der Waals surface area contributed by atoms with Gasteiger partial charge in [0, 0.05) is 22.5 Å². The highest BCUT2D eigenvalue weighted by Crippen LogP contribution is 2.38. The maximum atomic E-state index is 13.7. The van der Waals surface area contributed by atoms with Crippen molar-refractivity contribution in [2.75, 3.05) is 11.1 Å². The van der Waals surface area contributed by atoms with Crippen LogP contribution in [-0.4, -0.2) is 5.78 Å². The molecule has 1 aromatic heterocycles. The molecular formula is C15H14BrFN2OS. The second-order valence-electron chi connectivity index (χ2n) is 5.12. The van der Waals surface area contributed by atoms with E-state index >= 15 is 0 Å². The first kappa shape index (κ1) is 14.5. The van der Waals surface area contributed by atoms with Gasteiger partial charge in [0.25, 0.3) is 0 Å². The van der Waals surface area contributed by atoms with Crippen LogP contribution in [0.3, 0.4) is 0 Å². The van der Waals surface area contributed by atoms with Gasteiger partial charge in [0.15, 0.2) is 5.78 Å². The van der Waals surface area contributed by atoms with E-state index in [9.17, 15) is 9.18 Å². The largest absolute Gasteiger partial charge is 0.397 e. The van der Waals surface area contributed by atoms with Gasteiger partial charge < -0.3 is 11.1 Å². The lowest BCUT2D eigenvalue weighted by atomic mass is 10.2. The van der Waals surface area contributed by atoms with Gasteiger partial charge in [-0.05, 0) is 37.1 Å². The van der Waals surface area contributed by atoms with Gasteiger partial charge in [-0.2, -0.15) is 0 Å². The SMILES string of the molecule is Nc1cc(NCc2cc(Br)ccc2F)sc1C(=O)C1CC1. The number of rotatable bonds is 5. The van der Waals surface area contributed by atoms with Gasteiger partial charge in [0.2, 0.25) is 0 Å². The summed E-state index contributed by atoms with van der Waals surface area (Å²) < 4.78 is 14.5. The van der Waals surface area contributed by atoms with Crippen LogP contribution in [0.1, 0.15) is 28.1 Å². The molecule has 3 N–H and O–H groups in total. The lowest BCUT2D eigenvalue weighted by molar-refractivity contribution is 0.0972. The second-order valence-corrected chi connectivity index (χ2v) is 7.09. The number of nitrogens with one attached hydrogen (secondary N) is 1. The number of carbonyl (C=O) groups excluding carboxylic acids is 1. The number of benzene rings is 1. The Hall–Kier alpha value is -1.40. The Kier molecular flexibility index (Phi) is 3.99. The molecule has 3 nitrogen and oxygen atoms in total. The van der Waals surface area contributed by atoms with Gasteiger partial charge in [-0.3, -0.25) is 4.79 Å². The monoisotopic (exact) mass is 368 g/mol. The van der Waals surface area contributed by atoms with Gasteiger partial charge in [-0.25, -0.2) is 4.39 Å². The summed E-state index contributed by atoms with van der Waals surface area (Å²) in [4.78, 5) is 12.7. The van der Waals surface area contributed by atoms with E-state index in [-0.39, 0.29) is 17.5 Å². The fourth-order valence-corrected chi connectivity index (χ4v) is 3.48. The molecule has 0 radical (unpaired) electrons. The van der Waals surface area contributed by atoms with Crippen LogP contribution in [0.4, 0.5) is 15.1 Å². The van der Waals surface area contributed by atoms with Crippen molar-refractivity contribution >= 4 is 43.7 Å². The first-order chi connectivity index (χ1) is 10.0. The van der Waals surface area contributed by atoms with Crippen molar-refractivity contribution in [2.24, 2.45) is 5.92 Å². The number of thiophene rings is 1. The maximum absolute atomic E-state index is 13.7. The molecule has 110 valence electrons.